The standard InChI is InChI=1S/C18H16Cl2N2O2S2/c19-13-6-3-7-14(20)17(13)26(23,24)22-10-4-5-12(11-22)18-21-15-8-1-2-9-16(15)25-18/h1-3,6-9,12H,4-5,10-11H2. The van der Waals surface area contributed by atoms with Gasteiger partial charge in [-0.3, -0.25) is 0 Å². The van der Waals surface area contributed by atoms with Crippen LogP contribution >= 0.6 is 34.5 Å². The Kier molecular flexibility index (Phi) is 4.96. The molecule has 8 heteroatoms. The number of piperidine rings is 1. The van der Waals surface area contributed by atoms with Crippen molar-refractivity contribution in [3.05, 3.63) is 57.5 Å². The molecule has 0 N–H and O–H groups in total. The summed E-state index contributed by atoms with van der Waals surface area (Å²) in [7, 11) is -3.75. The summed E-state index contributed by atoms with van der Waals surface area (Å²) in [5.74, 6) is 0.0807. The van der Waals surface area contributed by atoms with E-state index < -0.39 is 10.0 Å². The van der Waals surface area contributed by atoms with Gasteiger partial charge < -0.3 is 0 Å². The van der Waals surface area contributed by atoms with Crippen LogP contribution in [-0.4, -0.2) is 30.8 Å². The van der Waals surface area contributed by atoms with Crippen molar-refractivity contribution in [1.82, 2.24) is 9.29 Å². The topological polar surface area (TPSA) is 50.3 Å². The summed E-state index contributed by atoms with van der Waals surface area (Å²) in [5.41, 5.74) is 0.960. The molecule has 1 fully saturated rings. The molecule has 0 saturated carbocycles. The van der Waals surface area contributed by atoms with E-state index in [-0.39, 0.29) is 20.9 Å². The summed E-state index contributed by atoms with van der Waals surface area (Å²) in [4.78, 5) is 4.70. The largest absolute Gasteiger partial charge is 0.246 e. The molecular formula is C18H16Cl2N2O2S2. The molecule has 0 spiro atoms. The second-order valence-corrected chi connectivity index (χ2v) is 10.0. The van der Waals surface area contributed by atoms with Gasteiger partial charge in [-0.2, -0.15) is 4.31 Å². The number of rotatable bonds is 3. The third-order valence-electron chi connectivity index (χ3n) is 4.56. The maximum absolute atomic E-state index is 13.1. The van der Waals surface area contributed by atoms with Crippen molar-refractivity contribution in [2.45, 2.75) is 23.7 Å². The molecule has 1 aromatic heterocycles. The molecule has 136 valence electrons. The van der Waals surface area contributed by atoms with Crippen molar-refractivity contribution < 1.29 is 8.42 Å². The maximum Gasteiger partial charge on any atom is 0.246 e. The zero-order chi connectivity index (χ0) is 18.3. The minimum Gasteiger partial charge on any atom is -0.241 e. The molecule has 1 aliphatic heterocycles. The van der Waals surface area contributed by atoms with Crippen molar-refractivity contribution >= 4 is 54.8 Å². The Labute approximate surface area is 166 Å². The van der Waals surface area contributed by atoms with Crippen LogP contribution in [0.25, 0.3) is 10.2 Å². The summed E-state index contributed by atoms with van der Waals surface area (Å²) in [6, 6.07) is 12.7. The van der Waals surface area contributed by atoms with E-state index >= 15 is 0 Å². The van der Waals surface area contributed by atoms with Crippen LogP contribution in [0.4, 0.5) is 0 Å². The van der Waals surface area contributed by atoms with E-state index in [1.165, 1.54) is 4.31 Å². The molecule has 4 nitrogen and oxygen atoms in total. The van der Waals surface area contributed by atoms with Gasteiger partial charge in [0.05, 0.1) is 25.3 Å². The predicted molar refractivity (Wildman–Crippen MR) is 107 cm³/mol. The van der Waals surface area contributed by atoms with E-state index in [9.17, 15) is 8.42 Å². The molecule has 1 aliphatic rings. The van der Waals surface area contributed by atoms with E-state index in [0.29, 0.717) is 13.1 Å². The van der Waals surface area contributed by atoms with Crippen LogP contribution in [0.2, 0.25) is 10.0 Å². The lowest BCUT2D eigenvalue weighted by atomic mass is 10.0. The first-order valence-electron chi connectivity index (χ1n) is 8.26. The molecular weight excluding hydrogens is 411 g/mol. The normalized spacial score (nSPS) is 19.1. The Morgan fingerprint density at radius 2 is 1.81 bits per heavy atom. The first-order valence-corrected chi connectivity index (χ1v) is 11.3. The predicted octanol–water partition coefficient (Wildman–Crippen LogP) is 5.17. The molecule has 0 bridgehead atoms. The molecule has 26 heavy (non-hydrogen) atoms. The third-order valence-corrected chi connectivity index (χ3v) is 8.58. The monoisotopic (exact) mass is 426 g/mol. The minimum absolute atomic E-state index is 0.00622. The van der Waals surface area contributed by atoms with Gasteiger partial charge in [-0.25, -0.2) is 13.4 Å². The van der Waals surface area contributed by atoms with Gasteiger partial charge in [0.15, 0.2) is 0 Å². The Bertz CT molecular complexity index is 1010. The fraction of sp³-hybridized carbons (Fsp3) is 0.278. The number of thiazole rings is 1. The molecule has 1 unspecified atom stereocenters. The van der Waals surface area contributed by atoms with Gasteiger partial charge in [0, 0.05) is 19.0 Å². The zero-order valence-electron chi connectivity index (χ0n) is 13.7. The fourth-order valence-corrected chi connectivity index (χ4v) is 6.99. The van der Waals surface area contributed by atoms with Crippen LogP contribution in [0.5, 0.6) is 0 Å². The molecule has 2 aromatic carbocycles. The number of fused-ring (bicyclic) bond motifs is 1. The number of hydrogen-bond acceptors (Lipinski definition) is 4. The number of sulfonamides is 1. The third kappa shape index (κ3) is 3.25. The molecule has 0 aliphatic carbocycles. The minimum atomic E-state index is -3.75. The van der Waals surface area contributed by atoms with E-state index in [4.69, 9.17) is 28.2 Å². The smallest absolute Gasteiger partial charge is 0.241 e. The van der Waals surface area contributed by atoms with Crippen molar-refractivity contribution in [3.63, 3.8) is 0 Å². The van der Waals surface area contributed by atoms with Gasteiger partial charge in [-0.1, -0.05) is 41.4 Å². The Morgan fingerprint density at radius 3 is 2.54 bits per heavy atom. The van der Waals surface area contributed by atoms with Gasteiger partial charge in [0.1, 0.15) is 4.90 Å². The number of benzene rings is 2. The second-order valence-electron chi connectivity index (χ2n) is 6.27. The highest BCUT2D eigenvalue weighted by Crippen LogP contribution is 2.37. The molecule has 0 radical (unpaired) electrons. The van der Waals surface area contributed by atoms with Crippen LogP contribution < -0.4 is 0 Å². The van der Waals surface area contributed by atoms with Crippen molar-refractivity contribution in [3.8, 4) is 0 Å². The quantitative estimate of drug-likeness (QED) is 0.579. The van der Waals surface area contributed by atoms with Gasteiger partial charge in [-0.05, 0) is 37.1 Å². The van der Waals surface area contributed by atoms with Crippen molar-refractivity contribution in [1.29, 1.82) is 0 Å². The first-order chi connectivity index (χ1) is 12.5. The van der Waals surface area contributed by atoms with Gasteiger partial charge in [0.25, 0.3) is 0 Å². The molecule has 3 aromatic rings. The number of hydrogen-bond donors (Lipinski definition) is 0. The van der Waals surface area contributed by atoms with Crippen LogP contribution in [0, 0.1) is 0 Å². The summed E-state index contributed by atoms with van der Waals surface area (Å²) in [5, 5.41) is 1.29. The highest BCUT2D eigenvalue weighted by atomic mass is 35.5. The number of aromatic nitrogens is 1. The zero-order valence-corrected chi connectivity index (χ0v) is 16.9. The van der Waals surface area contributed by atoms with Gasteiger partial charge in [0.2, 0.25) is 10.0 Å². The maximum atomic E-state index is 13.1. The van der Waals surface area contributed by atoms with E-state index in [1.54, 1.807) is 29.5 Å². The first kappa shape index (κ1) is 18.2. The van der Waals surface area contributed by atoms with Crippen molar-refractivity contribution in [2.24, 2.45) is 0 Å². The van der Waals surface area contributed by atoms with E-state index in [1.807, 2.05) is 24.3 Å². The average Bonchev–Trinajstić information content (AvgIpc) is 3.06. The molecule has 2 heterocycles. The summed E-state index contributed by atoms with van der Waals surface area (Å²) < 4.78 is 28.8. The molecule has 1 saturated heterocycles. The second kappa shape index (κ2) is 7.09. The Morgan fingerprint density at radius 1 is 1.08 bits per heavy atom. The molecule has 1 atom stereocenters. The SMILES string of the molecule is O=S(=O)(c1c(Cl)cccc1Cl)N1CCCC(c2nc3ccccc3s2)C1. The Balaban J connectivity index is 1.66. The highest BCUT2D eigenvalue weighted by Gasteiger charge is 2.34. The number of para-hydroxylation sites is 1. The lowest BCUT2D eigenvalue weighted by Gasteiger charge is -2.31. The van der Waals surface area contributed by atoms with Gasteiger partial charge >= 0.3 is 0 Å². The number of nitrogens with zero attached hydrogens (tertiary/aromatic N) is 2. The molecule has 4 rings (SSSR count). The number of halogens is 2. The summed E-state index contributed by atoms with van der Waals surface area (Å²) in [6.07, 6.45) is 1.70. The summed E-state index contributed by atoms with van der Waals surface area (Å²) in [6.45, 7) is 0.856. The van der Waals surface area contributed by atoms with Crippen molar-refractivity contribution in [2.75, 3.05) is 13.1 Å². The lowest BCUT2D eigenvalue weighted by Crippen LogP contribution is -2.39. The highest BCUT2D eigenvalue weighted by molar-refractivity contribution is 7.89. The van der Waals surface area contributed by atoms with Crippen LogP contribution in [0.1, 0.15) is 23.8 Å². The fourth-order valence-electron chi connectivity index (χ4n) is 3.29. The summed E-state index contributed by atoms with van der Waals surface area (Å²) >= 11 is 13.9. The van der Waals surface area contributed by atoms with Gasteiger partial charge in [-0.15, -0.1) is 11.3 Å². The average molecular weight is 427 g/mol. The molecule has 0 amide bonds. The van der Waals surface area contributed by atoms with Crippen LogP contribution in [0.3, 0.4) is 0 Å². The van der Waals surface area contributed by atoms with E-state index in [0.717, 1.165) is 28.1 Å². The van der Waals surface area contributed by atoms with Crippen LogP contribution in [-0.2, 0) is 10.0 Å². The lowest BCUT2D eigenvalue weighted by molar-refractivity contribution is 0.315. The Hall–Kier alpha value is -1.18. The van der Waals surface area contributed by atoms with E-state index in [2.05, 4.69) is 0 Å². The van der Waals surface area contributed by atoms with Crippen LogP contribution in [0.15, 0.2) is 47.4 Å².